The van der Waals surface area contributed by atoms with Crippen molar-refractivity contribution in [2.75, 3.05) is 13.8 Å². The first kappa shape index (κ1) is 11.7. The maximum atomic E-state index is 11.6. The van der Waals surface area contributed by atoms with Crippen molar-refractivity contribution in [1.29, 1.82) is 0 Å². The van der Waals surface area contributed by atoms with Gasteiger partial charge in [0.05, 0.1) is 6.04 Å². The number of hydrogen-bond donors (Lipinski definition) is 1. The maximum absolute atomic E-state index is 11.6. The Morgan fingerprint density at radius 3 is 2.88 bits per heavy atom. The standard InChI is InChI=1S/C12H16N2O3/c1-8(13)12(15)14(2)6-9-3-4-10-11(5-9)17-7-16-10/h3-5,8H,6-7,13H2,1-2H3/t8-/m1/s1. The third-order valence-electron chi connectivity index (χ3n) is 2.62. The first-order valence-electron chi connectivity index (χ1n) is 5.47. The molecule has 0 aromatic heterocycles. The quantitative estimate of drug-likeness (QED) is 0.840. The van der Waals surface area contributed by atoms with Crippen molar-refractivity contribution in [2.45, 2.75) is 19.5 Å². The average molecular weight is 236 g/mol. The van der Waals surface area contributed by atoms with E-state index in [2.05, 4.69) is 0 Å². The maximum Gasteiger partial charge on any atom is 0.239 e. The Balaban J connectivity index is 2.06. The normalized spacial score (nSPS) is 14.5. The Kier molecular flexibility index (Phi) is 3.19. The minimum Gasteiger partial charge on any atom is -0.454 e. The summed E-state index contributed by atoms with van der Waals surface area (Å²) in [4.78, 5) is 13.2. The van der Waals surface area contributed by atoms with Crippen LogP contribution in [0.1, 0.15) is 12.5 Å². The number of fused-ring (bicyclic) bond motifs is 1. The van der Waals surface area contributed by atoms with Gasteiger partial charge in [-0.3, -0.25) is 4.79 Å². The largest absolute Gasteiger partial charge is 0.454 e. The minimum absolute atomic E-state index is 0.0809. The molecule has 0 saturated carbocycles. The molecule has 92 valence electrons. The summed E-state index contributed by atoms with van der Waals surface area (Å²) in [5.41, 5.74) is 6.54. The van der Waals surface area contributed by atoms with Crippen LogP contribution in [0, 0.1) is 0 Å². The first-order chi connectivity index (χ1) is 8.08. The number of amides is 1. The average Bonchev–Trinajstić information content (AvgIpc) is 2.74. The van der Waals surface area contributed by atoms with E-state index in [0.29, 0.717) is 6.54 Å². The summed E-state index contributed by atoms with van der Waals surface area (Å²) >= 11 is 0. The Morgan fingerprint density at radius 1 is 1.47 bits per heavy atom. The molecule has 0 aliphatic carbocycles. The molecule has 0 saturated heterocycles. The molecular formula is C12H16N2O3. The lowest BCUT2D eigenvalue weighted by atomic mass is 10.2. The van der Waals surface area contributed by atoms with Crippen LogP contribution in [0.15, 0.2) is 18.2 Å². The fourth-order valence-corrected chi connectivity index (χ4v) is 1.74. The highest BCUT2D eigenvalue weighted by molar-refractivity contribution is 5.80. The van der Waals surface area contributed by atoms with Gasteiger partial charge in [-0.05, 0) is 24.6 Å². The lowest BCUT2D eigenvalue weighted by Gasteiger charge is -2.19. The summed E-state index contributed by atoms with van der Waals surface area (Å²) in [6.45, 7) is 2.45. The number of rotatable bonds is 3. The molecule has 0 spiro atoms. The summed E-state index contributed by atoms with van der Waals surface area (Å²) < 4.78 is 10.5. The van der Waals surface area contributed by atoms with Gasteiger partial charge in [0.15, 0.2) is 11.5 Å². The van der Waals surface area contributed by atoms with Crippen LogP contribution in [0.5, 0.6) is 11.5 Å². The van der Waals surface area contributed by atoms with E-state index >= 15 is 0 Å². The molecule has 1 heterocycles. The van der Waals surface area contributed by atoms with Crippen LogP contribution in [0.2, 0.25) is 0 Å². The summed E-state index contributed by atoms with van der Waals surface area (Å²) in [6, 6.07) is 5.17. The molecule has 0 bridgehead atoms. The van der Waals surface area contributed by atoms with Crippen molar-refractivity contribution < 1.29 is 14.3 Å². The van der Waals surface area contributed by atoms with Crippen LogP contribution in [0.25, 0.3) is 0 Å². The minimum atomic E-state index is -0.478. The monoisotopic (exact) mass is 236 g/mol. The highest BCUT2D eigenvalue weighted by Gasteiger charge is 2.16. The highest BCUT2D eigenvalue weighted by Crippen LogP contribution is 2.32. The Morgan fingerprint density at radius 2 is 2.18 bits per heavy atom. The van der Waals surface area contributed by atoms with Crippen LogP contribution in [-0.2, 0) is 11.3 Å². The Labute approximate surface area is 100 Å². The van der Waals surface area contributed by atoms with E-state index in [1.165, 1.54) is 0 Å². The van der Waals surface area contributed by atoms with Crippen LogP contribution in [0.3, 0.4) is 0 Å². The summed E-state index contributed by atoms with van der Waals surface area (Å²) in [5, 5.41) is 0. The van der Waals surface area contributed by atoms with E-state index in [1.54, 1.807) is 18.9 Å². The molecule has 2 rings (SSSR count). The van der Waals surface area contributed by atoms with Gasteiger partial charge in [0.25, 0.3) is 0 Å². The predicted molar refractivity (Wildman–Crippen MR) is 62.7 cm³/mol. The van der Waals surface area contributed by atoms with Crippen molar-refractivity contribution in [3.63, 3.8) is 0 Å². The number of carbonyl (C=O) groups is 1. The molecule has 1 aromatic rings. The second-order valence-corrected chi connectivity index (χ2v) is 4.17. The van der Waals surface area contributed by atoms with Gasteiger partial charge in [-0.2, -0.15) is 0 Å². The van der Waals surface area contributed by atoms with Gasteiger partial charge in [0.1, 0.15) is 0 Å². The number of nitrogens with two attached hydrogens (primary N) is 1. The predicted octanol–water partition coefficient (Wildman–Crippen LogP) is 0.721. The lowest BCUT2D eigenvalue weighted by Crippen LogP contribution is -2.39. The molecular weight excluding hydrogens is 220 g/mol. The second-order valence-electron chi connectivity index (χ2n) is 4.17. The molecule has 1 aliphatic heterocycles. The molecule has 5 nitrogen and oxygen atoms in total. The fraction of sp³-hybridized carbons (Fsp3) is 0.417. The van der Waals surface area contributed by atoms with Crippen LogP contribution < -0.4 is 15.2 Å². The van der Waals surface area contributed by atoms with Crippen molar-refractivity contribution >= 4 is 5.91 Å². The molecule has 5 heteroatoms. The fourth-order valence-electron chi connectivity index (χ4n) is 1.74. The van der Waals surface area contributed by atoms with Gasteiger partial charge in [0, 0.05) is 13.6 Å². The van der Waals surface area contributed by atoms with E-state index in [4.69, 9.17) is 15.2 Å². The third kappa shape index (κ3) is 2.50. The third-order valence-corrected chi connectivity index (χ3v) is 2.62. The molecule has 1 atom stereocenters. The van der Waals surface area contributed by atoms with Crippen molar-refractivity contribution in [3.05, 3.63) is 23.8 Å². The van der Waals surface area contributed by atoms with Gasteiger partial charge >= 0.3 is 0 Å². The first-order valence-corrected chi connectivity index (χ1v) is 5.47. The number of nitrogens with zero attached hydrogens (tertiary/aromatic N) is 1. The van der Waals surface area contributed by atoms with E-state index in [0.717, 1.165) is 17.1 Å². The number of benzene rings is 1. The Hall–Kier alpha value is -1.75. The van der Waals surface area contributed by atoms with Gasteiger partial charge in [-0.25, -0.2) is 0 Å². The molecule has 1 aliphatic rings. The zero-order valence-electron chi connectivity index (χ0n) is 9.97. The molecule has 0 unspecified atom stereocenters. The van der Waals surface area contributed by atoms with Gasteiger partial charge in [-0.15, -0.1) is 0 Å². The molecule has 2 N–H and O–H groups in total. The smallest absolute Gasteiger partial charge is 0.239 e. The van der Waals surface area contributed by atoms with Crippen LogP contribution in [0.4, 0.5) is 0 Å². The number of likely N-dealkylation sites (N-methyl/N-ethyl adjacent to an activating group) is 1. The molecule has 17 heavy (non-hydrogen) atoms. The van der Waals surface area contributed by atoms with E-state index in [-0.39, 0.29) is 12.7 Å². The summed E-state index contributed by atoms with van der Waals surface area (Å²) in [7, 11) is 1.73. The van der Waals surface area contributed by atoms with Crippen molar-refractivity contribution in [2.24, 2.45) is 5.73 Å². The number of hydrogen-bond acceptors (Lipinski definition) is 4. The molecule has 0 fully saturated rings. The highest BCUT2D eigenvalue weighted by atomic mass is 16.7. The van der Waals surface area contributed by atoms with Crippen LogP contribution in [-0.4, -0.2) is 30.7 Å². The van der Waals surface area contributed by atoms with Gasteiger partial charge < -0.3 is 20.1 Å². The molecule has 1 amide bonds. The second kappa shape index (κ2) is 4.63. The van der Waals surface area contributed by atoms with Gasteiger partial charge in [0.2, 0.25) is 12.7 Å². The summed E-state index contributed by atoms with van der Waals surface area (Å²) in [5.74, 6) is 1.39. The topological polar surface area (TPSA) is 64.8 Å². The van der Waals surface area contributed by atoms with E-state index in [9.17, 15) is 4.79 Å². The van der Waals surface area contributed by atoms with Crippen LogP contribution >= 0.6 is 0 Å². The zero-order valence-corrected chi connectivity index (χ0v) is 9.97. The molecule has 0 radical (unpaired) electrons. The van der Waals surface area contributed by atoms with Crippen molar-refractivity contribution in [3.8, 4) is 11.5 Å². The summed E-state index contributed by atoms with van der Waals surface area (Å²) in [6.07, 6.45) is 0. The SMILES string of the molecule is C[C@@H](N)C(=O)N(C)Cc1ccc2c(c1)OCO2. The zero-order chi connectivity index (χ0) is 12.4. The lowest BCUT2D eigenvalue weighted by molar-refractivity contribution is -0.131. The van der Waals surface area contributed by atoms with Gasteiger partial charge in [-0.1, -0.05) is 6.07 Å². The van der Waals surface area contributed by atoms with E-state index in [1.807, 2.05) is 18.2 Å². The number of carbonyl (C=O) groups excluding carboxylic acids is 1. The Bertz CT molecular complexity index is 432. The number of ether oxygens (including phenoxy) is 2. The van der Waals surface area contributed by atoms with E-state index < -0.39 is 6.04 Å². The molecule has 1 aromatic carbocycles. The van der Waals surface area contributed by atoms with Crippen molar-refractivity contribution in [1.82, 2.24) is 4.90 Å².